The van der Waals surface area contributed by atoms with Crippen LogP contribution in [0.5, 0.6) is 11.5 Å². The number of carbonyl (C=O) groups is 1. The second-order valence-corrected chi connectivity index (χ2v) is 6.30. The van der Waals surface area contributed by atoms with Crippen molar-refractivity contribution >= 4 is 17.5 Å². The molecule has 2 N–H and O–H groups in total. The maximum absolute atomic E-state index is 12.5. The van der Waals surface area contributed by atoms with E-state index in [4.69, 9.17) is 21.1 Å². The number of nitrogens with zero attached hydrogens (tertiary/aromatic N) is 1. The zero-order chi connectivity index (χ0) is 19.2. The lowest BCUT2D eigenvalue weighted by Crippen LogP contribution is -2.25. The van der Waals surface area contributed by atoms with E-state index in [0.717, 1.165) is 11.1 Å². The first-order valence-corrected chi connectivity index (χ1v) is 8.78. The highest BCUT2D eigenvalue weighted by Crippen LogP contribution is 2.27. The fraction of sp³-hybridized carbons (Fsp3) is 0.200. The third-order valence-electron chi connectivity index (χ3n) is 4.16. The van der Waals surface area contributed by atoms with Gasteiger partial charge >= 0.3 is 0 Å². The zero-order valence-electron chi connectivity index (χ0n) is 15.1. The molecule has 3 rings (SSSR count). The van der Waals surface area contributed by atoms with Crippen molar-refractivity contribution < 1.29 is 14.3 Å². The molecule has 0 spiro atoms. The van der Waals surface area contributed by atoms with Crippen molar-refractivity contribution in [3.05, 3.63) is 64.8 Å². The molecule has 0 fully saturated rings. The van der Waals surface area contributed by atoms with Crippen LogP contribution in [0.2, 0.25) is 5.02 Å². The molecule has 0 atom stereocenters. The average Bonchev–Trinajstić information content (AvgIpc) is 3.18. The molecule has 1 aromatic heterocycles. The maximum Gasteiger partial charge on any atom is 0.255 e. The molecule has 0 unspecified atom stereocenters. The van der Waals surface area contributed by atoms with Gasteiger partial charge in [0.1, 0.15) is 0 Å². The monoisotopic (exact) mass is 385 g/mol. The van der Waals surface area contributed by atoms with Crippen molar-refractivity contribution in [2.45, 2.75) is 6.42 Å². The van der Waals surface area contributed by atoms with E-state index in [-0.39, 0.29) is 5.91 Å². The van der Waals surface area contributed by atoms with Gasteiger partial charge in [0.15, 0.2) is 11.5 Å². The summed E-state index contributed by atoms with van der Waals surface area (Å²) in [7, 11) is 3.20. The second-order valence-electron chi connectivity index (χ2n) is 5.86. The van der Waals surface area contributed by atoms with Crippen molar-refractivity contribution in [2.75, 3.05) is 20.8 Å². The van der Waals surface area contributed by atoms with E-state index in [1.165, 1.54) is 6.20 Å². The molecule has 0 saturated heterocycles. The number of rotatable bonds is 7. The van der Waals surface area contributed by atoms with E-state index in [9.17, 15) is 4.79 Å². The van der Waals surface area contributed by atoms with Crippen molar-refractivity contribution in [1.82, 2.24) is 15.5 Å². The van der Waals surface area contributed by atoms with Gasteiger partial charge in [-0.3, -0.25) is 9.89 Å². The minimum atomic E-state index is -0.186. The molecule has 7 heteroatoms. The van der Waals surface area contributed by atoms with Gasteiger partial charge in [-0.25, -0.2) is 0 Å². The number of H-pyrrole nitrogens is 1. The number of ether oxygens (including phenoxy) is 2. The van der Waals surface area contributed by atoms with Crippen molar-refractivity contribution in [2.24, 2.45) is 0 Å². The number of aromatic nitrogens is 2. The van der Waals surface area contributed by atoms with Gasteiger partial charge in [0.05, 0.1) is 31.7 Å². The molecule has 0 aliphatic carbocycles. The van der Waals surface area contributed by atoms with Crippen LogP contribution in [0.3, 0.4) is 0 Å². The van der Waals surface area contributed by atoms with Crippen molar-refractivity contribution in [3.63, 3.8) is 0 Å². The smallest absolute Gasteiger partial charge is 0.255 e. The van der Waals surface area contributed by atoms with Gasteiger partial charge in [-0.1, -0.05) is 29.8 Å². The van der Waals surface area contributed by atoms with Gasteiger partial charge in [0.2, 0.25) is 0 Å². The van der Waals surface area contributed by atoms with E-state index in [1.54, 1.807) is 26.4 Å². The van der Waals surface area contributed by atoms with Crippen LogP contribution in [-0.4, -0.2) is 36.9 Å². The predicted molar refractivity (Wildman–Crippen MR) is 105 cm³/mol. The molecule has 0 bridgehead atoms. The summed E-state index contributed by atoms with van der Waals surface area (Å²) in [6.45, 7) is 0.486. The molecule has 0 aliphatic heterocycles. The van der Waals surface area contributed by atoms with E-state index < -0.39 is 0 Å². The summed E-state index contributed by atoms with van der Waals surface area (Å²) < 4.78 is 10.5. The average molecular weight is 386 g/mol. The quantitative estimate of drug-likeness (QED) is 0.649. The molecule has 1 heterocycles. The summed E-state index contributed by atoms with van der Waals surface area (Å²) in [5.41, 5.74) is 3.04. The van der Waals surface area contributed by atoms with Crippen LogP contribution in [0.1, 0.15) is 15.9 Å². The second kappa shape index (κ2) is 8.60. The van der Waals surface area contributed by atoms with Crippen LogP contribution in [0, 0.1) is 0 Å². The number of halogens is 1. The Labute approximate surface area is 162 Å². The fourth-order valence-corrected chi connectivity index (χ4v) is 2.87. The van der Waals surface area contributed by atoms with Crippen LogP contribution >= 0.6 is 11.6 Å². The number of benzene rings is 2. The molecule has 2 aromatic carbocycles. The number of amides is 1. The van der Waals surface area contributed by atoms with Gasteiger partial charge in [0, 0.05) is 17.1 Å². The molecule has 6 nitrogen and oxygen atoms in total. The predicted octanol–water partition coefficient (Wildman–Crippen LogP) is 3.72. The Balaban J connectivity index is 1.64. The van der Waals surface area contributed by atoms with Crippen LogP contribution in [0.25, 0.3) is 11.3 Å². The largest absolute Gasteiger partial charge is 0.493 e. The van der Waals surface area contributed by atoms with Crippen LogP contribution in [0.15, 0.2) is 48.7 Å². The minimum Gasteiger partial charge on any atom is -0.493 e. The number of hydrogen-bond donors (Lipinski definition) is 2. The van der Waals surface area contributed by atoms with Gasteiger partial charge in [-0.15, -0.1) is 0 Å². The minimum absolute atomic E-state index is 0.186. The Hall–Kier alpha value is -2.99. The molecule has 0 saturated carbocycles. The molecule has 1 amide bonds. The first-order chi connectivity index (χ1) is 13.1. The Morgan fingerprint density at radius 1 is 1.11 bits per heavy atom. The standard InChI is InChI=1S/C20H20ClN3O3/c1-26-17-8-3-13(11-18(17)27-2)9-10-22-20(25)16-12-23-24-19(16)14-4-6-15(21)7-5-14/h3-8,11-12H,9-10H2,1-2H3,(H,22,25)(H,23,24). The van der Waals surface area contributed by atoms with Crippen LogP contribution in [0.4, 0.5) is 0 Å². The molecular weight excluding hydrogens is 366 g/mol. The van der Waals surface area contributed by atoms with Gasteiger partial charge in [-0.2, -0.15) is 5.10 Å². The summed E-state index contributed by atoms with van der Waals surface area (Å²) in [6, 6.07) is 12.9. The van der Waals surface area contributed by atoms with Crippen LogP contribution < -0.4 is 14.8 Å². The number of carbonyl (C=O) groups excluding carboxylic acids is 1. The molecule has 27 heavy (non-hydrogen) atoms. The molecule has 140 valence electrons. The van der Waals surface area contributed by atoms with Crippen LogP contribution in [-0.2, 0) is 6.42 Å². The number of nitrogens with one attached hydrogen (secondary N) is 2. The summed E-state index contributed by atoms with van der Waals surface area (Å²) in [6.07, 6.45) is 2.19. The summed E-state index contributed by atoms with van der Waals surface area (Å²) >= 11 is 5.92. The number of aromatic amines is 1. The maximum atomic E-state index is 12.5. The number of hydrogen-bond acceptors (Lipinski definition) is 4. The first-order valence-electron chi connectivity index (χ1n) is 8.40. The first kappa shape index (κ1) is 18.8. The molecule has 3 aromatic rings. The summed E-state index contributed by atoms with van der Waals surface area (Å²) in [4.78, 5) is 12.5. The van der Waals surface area contributed by atoms with Crippen molar-refractivity contribution in [1.29, 1.82) is 0 Å². The van der Waals surface area contributed by atoms with E-state index in [1.807, 2.05) is 30.3 Å². The highest BCUT2D eigenvalue weighted by atomic mass is 35.5. The van der Waals surface area contributed by atoms with Gasteiger partial charge in [-0.05, 0) is 36.2 Å². The summed E-state index contributed by atoms with van der Waals surface area (Å²) in [5, 5.41) is 10.4. The lowest BCUT2D eigenvalue weighted by Gasteiger charge is -2.10. The molecule has 0 aliphatic rings. The lowest BCUT2D eigenvalue weighted by atomic mass is 10.1. The molecular formula is C20H20ClN3O3. The summed E-state index contributed by atoms with van der Waals surface area (Å²) in [5.74, 6) is 1.16. The van der Waals surface area contributed by atoms with E-state index in [0.29, 0.717) is 40.7 Å². The lowest BCUT2D eigenvalue weighted by molar-refractivity contribution is 0.0955. The third-order valence-corrected chi connectivity index (χ3v) is 4.42. The zero-order valence-corrected chi connectivity index (χ0v) is 15.8. The number of methoxy groups -OCH3 is 2. The Morgan fingerprint density at radius 2 is 1.85 bits per heavy atom. The van der Waals surface area contributed by atoms with E-state index in [2.05, 4.69) is 15.5 Å². The molecule has 0 radical (unpaired) electrons. The highest BCUT2D eigenvalue weighted by Gasteiger charge is 2.15. The normalized spacial score (nSPS) is 10.5. The SMILES string of the molecule is COc1ccc(CCNC(=O)c2cn[nH]c2-c2ccc(Cl)cc2)cc1OC. The Bertz CT molecular complexity index is 922. The Morgan fingerprint density at radius 3 is 2.56 bits per heavy atom. The highest BCUT2D eigenvalue weighted by molar-refractivity contribution is 6.30. The fourth-order valence-electron chi connectivity index (χ4n) is 2.75. The van der Waals surface area contributed by atoms with Gasteiger partial charge in [0.25, 0.3) is 5.91 Å². The third kappa shape index (κ3) is 4.41. The Kier molecular flexibility index (Phi) is 5.98. The topological polar surface area (TPSA) is 76.2 Å². The van der Waals surface area contributed by atoms with E-state index >= 15 is 0 Å². The van der Waals surface area contributed by atoms with Gasteiger partial charge < -0.3 is 14.8 Å². The van der Waals surface area contributed by atoms with Crippen molar-refractivity contribution in [3.8, 4) is 22.8 Å².